The van der Waals surface area contributed by atoms with Crippen molar-refractivity contribution in [1.82, 2.24) is 9.78 Å². The van der Waals surface area contributed by atoms with Crippen molar-refractivity contribution in [3.8, 4) is 5.69 Å². The molecule has 1 aromatic heterocycles. The fourth-order valence-corrected chi connectivity index (χ4v) is 4.09. The van der Waals surface area contributed by atoms with Crippen molar-refractivity contribution in [3.63, 3.8) is 0 Å². The summed E-state index contributed by atoms with van der Waals surface area (Å²) >= 11 is 5.22. The molecule has 4 rings (SSSR count). The maximum absolute atomic E-state index is 12.7. The molecule has 0 atom stereocenters. The number of aryl methyl sites for hydroxylation is 1. The van der Waals surface area contributed by atoms with Crippen LogP contribution in [0.4, 0.5) is 5.82 Å². The normalized spacial score (nSPS) is 12.9. The summed E-state index contributed by atoms with van der Waals surface area (Å²) in [6, 6.07) is 15.5. The van der Waals surface area contributed by atoms with Crippen LogP contribution in [-0.2, 0) is 11.5 Å². The van der Waals surface area contributed by atoms with E-state index in [2.05, 4.69) is 40.3 Å². The van der Waals surface area contributed by atoms with Crippen LogP contribution in [0, 0.1) is 6.92 Å². The number of aromatic nitrogens is 2. The van der Waals surface area contributed by atoms with E-state index in [0.29, 0.717) is 5.56 Å². The summed E-state index contributed by atoms with van der Waals surface area (Å²) in [5.41, 5.74) is 4.95. The Kier molecular flexibility index (Phi) is 4.39. The molecule has 0 saturated heterocycles. The molecule has 0 bridgehead atoms. The maximum Gasteiger partial charge on any atom is 0.256 e. The van der Waals surface area contributed by atoms with E-state index in [4.69, 9.17) is 5.10 Å². The third-order valence-electron chi connectivity index (χ3n) is 4.17. The van der Waals surface area contributed by atoms with E-state index < -0.39 is 0 Å². The molecule has 1 N–H and O–H groups in total. The number of fused-ring (bicyclic) bond motifs is 1. The van der Waals surface area contributed by atoms with Crippen LogP contribution in [0.25, 0.3) is 5.69 Å². The lowest BCUT2D eigenvalue weighted by atomic mass is 10.2. The molecule has 0 radical (unpaired) electrons. The first-order chi connectivity index (χ1) is 12.1. The molecule has 25 heavy (non-hydrogen) atoms. The summed E-state index contributed by atoms with van der Waals surface area (Å²) in [5, 5.41) is 7.80. The molecule has 0 saturated carbocycles. The first-order valence-corrected chi connectivity index (χ1v) is 9.89. The van der Waals surface area contributed by atoms with Gasteiger partial charge in [-0.2, -0.15) is 16.9 Å². The highest BCUT2D eigenvalue weighted by Gasteiger charge is 2.25. The number of hydrogen-bond acceptors (Lipinski definition) is 3. The number of anilines is 1. The first-order valence-electron chi connectivity index (χ1n) is 7.94. The number of carbonyl (C=O) groups excluding carboxylic acids is 1. The number of nitrogens with one attached hydrogen (secondary N) is 1. The summed E-state index contributed by atoms with van der Waals surface area (Å²) in [7, 11) is 0. The van der Waals surface area contributed by atoms with Crippen molar-refractivity contribution in [2.75, 3.05) is 5.32 Å². The van der Waals surface area contributed by atoms with Gasteiger partial charge in [-0.1, -0.05) is 33.6 Å². The molecular weight excluding hydrogens is 398 g/mol. The van der Waals surface area contributed by atoms with E-state index in [1.807, 2.05) is 40.7 Å². The number of benzene rings is 2. The van der Waals surface area contributed by atoms with Gasteiger partial charge in [-0.25, -0.2) is 4.68 Å². The monoisotopic (exact) mass is 413 g/mol. The topological polar surface area (TPSA) is 46.9 Å². The zero-order valence-electron chi connectivity index (χ0n) is 13.6. The summed E-state index contributed by atoms with van der Waals surface area (Å²) in [5.74, 6) is 2.41. The van der Waals surface area contributed by atoms with Gasteiger partial charge < -0.3 is 5.32 Å². The van der Waals surface area contributed by atoms with Crippen LogP contribution in [0.3, 0.4) is 0 Å². The van der Waals surface area contributed by atoms with E-state index in [1.165, 1.54) is 5.56 Å². The van der Waals surface area contributed by atoms with Gasteiger partial charge in [0, 0.05) is 27.1 Å². The van der Waals surface area contributed by atoms with Gasteiger partial charge >= 0.3 is 0 Å². The number of amides is 1. The Morgan fingerprint density at radius 2 is 1.84 bits per heavy atom. The van der Waals surface area contributed by atoms with Gasteiger partial charge in [0.2, 0.25) is 0 Å². The summed E-state index contributed by atoms with van der Waals surface area (Å²) in [6.45, 7) is 2.06. The number of carbonyl (C=O) groups is 1. The smallest absolute Gasteiger partial charge is 0.256 e. The highest BCUT2D eigenvalue weighted by atomic mass is 79.9. The molecule has 0 unspecified atom stereocenters. The Balaban J connectivity index is 1.72. The van der Waals surface area contributed by atoms with Crippen LogP contribution in [0.1, 0.15) is 27.2 Å². The second kappa shape index (κ2) is 6.69. The molecule has 1 amide bonds. The minimum Gasteiger partial charge on any atom is -0.306 e. The molecule has 1 aliphatic rings. The largest absolute Gasteiger partial charge is 0.306 e. The standard InChI is InChI=1S/C19H16BrN3OS/c1-12-2-8-15(9-3-12)23-18(16-10-25-11-17(16)22-23)21-19(24)13-4-6-14(20)7-5-13/h2-9H,10-11H2,1H3,(H,21,24). The van der Waals surface area contributed by atoms with Gasteiger partial charge in [0.1, 0.15) is 5.82 Å². The predicted octanol–water partition coefficient (Wildman–Crippen LogP) is 4.94. The molecule has 2 aromatic carbocycles. The van der Waals surface area contributed by atoms with Gasteiger partial charge in [0.15, 0.2) is 0 Å². The van der Waals surface area contributed by atoms with E-state index in [1.54, 1.807) is 12.1 Å². The lowest BCUT2D eigenvalue weighted by molar-refractivity contribution is 0.102. The van der Waals surface area contributed by atoms with Crippen molar-refractivity contribution >= 4 is 39.4 Å². The minimum absolute atomic E-state index is 0.125. The second-order valence-corrected chi connectivity index (χ2v) is 7.88. The van der Waals surface area contributed by atoms with Gasteiger partial charge in [0.25, 0.3) is 5.91 Å². The predicted molar refractivity (Wildman–Crippen MR) is 105 cm³/mol. The van der Waals surface area contributed by atoms with Crippen LogP contribution in [0.5, 0.6) is 0 Å². The molecule has 0 aliphatic carbocycles. The van der Waals surface area contributed by atoms with E-state index >= 15 is 0 Å². The van der Waals surface area contributed by atoms with Crippen molar-refractivity contribution in [3.05, 3.63) is 75.4 Å². The van der Waals surface area contributed by atoms with Crippen LogP contribution in [-0.4, -0.2) is 15.7 Å². The van der Waals surface area contributed by atoms with Crippen molar-refractivity contribution in [1.29, 1.82) is 0 Å². The minimum atomic E-state index is -0.125. The van der Waals surface area contributed by atoms with Gasteiger partial charge in [-0.05, 0) is 43.3 Å². The Morgan fingerprint density at radius 3 is 2.56 bits per heavy atom. The van der Waals surface area contributed by atoms with Crippen LogP contribution in [0.2, 0.25) is 0 Å². The van der Waals surface area contributed by atoms with E-state index in [9.17, 15) is 4.79 Å². The van der Waals surface area contributed by atoms with Gasteiger partial charge in [-0.3, -0.25) is 4.79 Å². The third-order valence-corrected chi connectivity index (χ3v) is 5.67. The van der Waals surface area contributed by atoms with Crippen molar-refractivity contribution < 1.29 is 4.79 Å². The fraction of sp³-hybridized carbons (Fsp3) is 0.158. The van der Waals surface area contributed by atoms with E-state index in [0.717, 1.165) is 38.7 Å². The maximum atomic E-state index is 12.7. The quantitative estimate of drug-likeness (QED) is 0.660. The lowest BCUT2D eigenvalue weighted by Crippen LogP contribution is -2.16. The van der Waals surface area contributed by atoms with Crippen molar-refractivity contribution in [2.45, 2.75) is 18.4 Å². The highest BCUT2D eigenvalue weighted by molar-refractivity contribution is 9.10. The third kappa shape index (κ3) is 3.24. The van der Waals surface area contributed by atoms with E-state index in [-0.39, 0.29) is 5.91 Å². The summed E-state index contributed by atoms with van der Waals surface area (Å²) in [6.07, 6.45) is 0. The molecule has 126 valence electrons. The Morgan fingerprint density at radius 1 is 1.12 bits per heavy atom. The van der Waals surface area contributed by atoms with Gasteiger partial charge in [-0.15, -0.1) is 0 Å². The molecule has 0 spiro atoms. The average Bonchev–Trinajstić information content (AvgIpc) is 3.19. The van der Waals surface area contributed by atoms with Crippen LogP contribution >= 0.6 is 27.7 Å². The molecule has 1 aliphatic heterocycles. The SMILES string of the molecule is Cc1ccc(-n2nc3c(c2NC(=O)c2ccc(Br)cc2)CSC3)cc1. The molecule has 4 nitrogen and oxygen atoms in total. The van der Waals surface area contributed by atoms with Gasteiger partial charge in [0.05, 0.1) is 11.4 Å². The molecule has 0 fully saturated rings. The Hall–Kier alpha value is -2.05. The fourth-order valence-electron chi connectivity index (χ4n) is 2.80. The zero-order chi connectivity index (χ0) is 17.4. The summed E-state index contributed by atoms with van der Waals surface area (Å²) < 4.78 is 2.80. The number of nitrogens with zero attached hydrogens (tertiary/aromatic N) is 2. The molecule has 2 heterocycles. The lowest BCUT2D eigenvalue weighted by Gasteiger charge is -2.11. The zero-order valence-corrected chi connectivity index (χ0v) is 16.0. The van der Waals surface area contributed by atoms with Crippen molar-refractivity contribution in [2.24, 2.45) is 0 Å². The number of hydrogen-bond donors (Lipinski definition) is 1. The number of thioether (sulfide) groups is 1. The van der Waals surface area contributed by atoms with Crippen LogP contribution in [0.15, 0.2) is 53.0 Å². The molecule has 3 aromatic rings. The summed E-state index contributed by atoms with van der Waals surface area (Å²) in [4.78, 5) is 12.7. The Bertz CT molecular complexity index is 933. The van der Waals surface area contributed by atoms with Crippen LogP contribution < -0.4 is 5.32 Å². The Labute approximate surface area is 158 Å². The average molecular weight is 414 g/mol. The first kappa shape index (κ1) is 16.4. The number of rotatable bonds is 3. The second-order valence-electron chi connectivity index (χ2n) is 5.98. The molecular formula is C19H16BrN3OS. The number of halogens is 1. The molecule has 6 heteroatoms. The highest BCUT2D eigenvalue weighted by Crippen LogP contribution is 2.36.